The Morgan fingerprint density at radius 2 is 1.79 bits per heavy atom. The van der Waals surface area contributed by atoms with Crippen LogP contribution in [0.4, 0.5) is 24.1 Å². The molecule has 0 aliphatic carbocycles. The van der Waals surface area contributed by atoms with Crippen LogP contribution in [0.1, 0.15) is 31.4 Å². The molecule has 1 N–H and O–H groups in total. The number of carbonyl (C=O) groups is 3. The Bertz CT molecular complexity index is 1330. The zero-order valence-electron chi connectivity index (χ0n) is 24.0. The highest BCUT2D eigenvalue weighted by atomic mass is 19.2. The number of ether oxygens (including phenoxy) is 3. The predicted molar refractivity (Wildman–Crippen MR) is 150 cm³/mol. The number of nitrogens with one attached hydrogen (secondary N) is 1. The minimum absolute atomic E-state index is 0.00727. The number of imide groups is 1. The molecule has 0 radical (unpaired) electrons. The molecule has 0 saturated carbocycles. The van der Waals surface area contributed by atoms with Crippen molar-refractivity contribution in [2.45, 2.75) is 31.8 Å². The maximum Gasteiger partial charge on any atom is 0.352 e. The predicted octanol–water partition coefficient (Wildman–Crippen LogP) is 3.94. The molecule has 42 heavy (non-hydrogen) atoms. The van der Waals surface area contributed by atoms with Crippen molar-refractivity contribution < 1.29 is 37.4 Å². The van der Waals surface area contributed by atoms with Crippen LogP contribution in [0.3, 0.4) is 0 Å². The second-order valence-corrected chi connectivity index (χ2v) is 9.90. The van der Waals surface area contributed by atoms with Crippen LogP contribution < -0.4 is 15.1 Å². The number of amides is 4. The van der Waals surface area contributed by atoms with Gasteiger partial charge in [0.25, 0.3) is 0 Å². The summed E-state index contributed by atoms with van der Waals surface area (Å²) >= 11 is 0. The lowest BCUT2D eigenvalue weighted by Gasteiger charge is -2.41. The Balaban J connectivity index is 1.60. The third-order valence-electron chi connectivity index (χ3n) is 7.44. The normalized spacial score (nSPS) is 19.4. The fraction of sp³-hybridized carbons (Fsp3) is 0.448. The van der Waals surface area contributed by atoms with Gasteiger partial charge >= 0.3 is 18.0 Å². The standard InChI is InChI=1S/C29H35F2N5O6/c1-5-35(33-19-12-14-34(15-13-19)23-8-6-7-9-24(23)41-3)29(39)36-26(18-10-11-20(30)21(31)16-18)25(27(37)42-4)22(17-40-2)32-28(36)38/h6-11,16,19,25-26,33H,5,12-15,17H2,1-4H3. The molecule has 4 rings (SSSR count). The van der Waals surface area contributed by atoms with E-state index in [0.717, 1.165) is 35.6 Å². The highest BCUT2D eigenvalue weighted by molar-refractivity contribution is 6.12. The first-order valence-corrected chi connectivity index (χ1v) is 13.6. The van der Waals surface area contributed by atoms with Gasteiger partial charge in [0.1, 0.15) is 11.7 Å². The monoisotopic (exact) mass is 587 g/mol. The molecule has 2 aromatic rings. The Morgan fingerprint density at radius 1 is 1.07 bits per heavy atom. The van der Waals surface area contributed by atoms with E-state index < -0.39 is 41.6 Å². The van der Waals surface area contributed by atoms with Crippen molar-refractivity contribution in [2.24, 2.45) is 10.9 Å². The van der Waals surface area contributed by atoms with Crippen LogP contribution in [0.25, 0.3) is 0 Å². The maximum atomic E-state index is 14.4. The second kappa shape index (κ2) is 13.7. The first kappa shape index (κ1) is 30.8. The largest absolute Gasteiger partial charge is 0.495 e. The van der Waals surface area contributed by atoms with E-state index in [1.807, 2.05) is 24.3 Å². The molecular formula is C29H35F2N5O6. The Hall–Kier alpha value is -4.10. The van der Waals surface area contributed by atoms with E-state index in [-0.39, 0.29) is 30.5 Å². The molecular weight excluding hydrogens is 552 g/mol. The van der Waals surface area contributed by atoms with Crippen molar-refractivity contribution >= 4 is 29.4 Å². The summed E-state index contributed by atoms with van der Waals surface area (Å²) in [4.78, 5) is 47.3. The molecule has 0 bridgehead atoms. The Kier molecular flexibility index (Phi) is 10.1. The second-order valence-electron chi connectivity index (χ2n) is 9.90. The fourth-order valence-electron chi connectivity index (χ4n) is 5.37. The van der Waals surface area contributed by atoms with Gasteiger partial charge in [0.2, 0.25) is 0 Å². The number of hydrogen-bond donors (Lipinski definition) is 1. The zero-order valence-corrected chi connectivity index (χ0v) is 24.0. The van der Waals surface area contributed by atoms with Crippen molar-refractivity contribution in [3.63, 3.8) is 0 Å². The number of rotatable bonds is 9. The van der Waals surface area contributed by atoms with Gasteiger partial charge in [-0.2, -0.15) is 4.99 Å². The van der Waals surface area contributed by atoms with Gasteiger partial charge in [0, 0.05) is 32.8 Å². The van der Waals surface area contributed by atoms with Crippen molar-refractivity contribution in [2.75, 3.05) is 52.5 Å². The van der Waals surface area contributed by atoms with E-state index in [0.29, 0.717) is 25.9 Å². The zero-order chi connectivity index (χ0) is 30.4. The van der Waals surface area contributed by atoms with Crippen LogP contribution in [0, 0.1) is 17.6 Å². The Labute approximate surface area is 243 Å². The van der Waals surface area contributed by atoms with Crippen molar-refractivity contribution in [3.8, 4) is 5.75 Å². The lowest BCUT2D eigenvalue weighted by Crippen LogP contribution is -2.59. The highest BCUT2D eigenvalue weighted by Crippen LogP contribution is 2.37. The smallest absolute Gasteiger partial charge is 0.352 e. The number of nitrogens with zero attached hydrogens (tertiary/aromatic N) is 4. The topological polar surface area (TPSA) is 113 Å². The van der Waals surface area contributed by atoms with Crippen molar-refractivity contribution in [1.29, 1.82) is 0 Å². The van der Waals surface area contributed by atoms with Crippen molar-refractivity contribution in [1.82, 2.24) is 15.3 Å². The number of hydrazine groups is 1. The fourth-order valence-corrected chi connectivity index (χ4v) is 5.37. The van der Waals surface area contributed by atoms with Gasteiger partial charge in [0.05, 0.1) is 38.3 Å². The molecule has 2 heterocycles. The van der Waals surface area contributed by atoms with E-state index in [2.05, 4.69) is 15.3 Å². The minimum Gasteiger partial charge on any atom is -0.495 e. The summed E-state index contributed by atoms with van der Waals surface area (Å²) in [5, 5.41) is 1.28. The third kappa shape index (κ3) is 6.36. The van der Waals surface area contributed by atoms with Crippen molar-refractivity contribution in [3.05, 3.63) is 59.7 Å². The first-order valence-electron chi connectivity index (χ1n) is 13.6. The van der Waals surface area contributed by atoms with E-state index >= 15 is 0 Å². The Morgan fingerprint density at radius 3 is 2.40 bits per heavy atom. The van der Waals surface area contributed by atoms with Gasteiger partial charge in [-0.3, -0.25) is 9.80 Å². The summed E-state index contributed by atoms with van der Waals surface area (Å²) in [6, 6.07) is 7.47. The van der Waals surface area contributed by atoms with Crippen LogP contribution in [-0.2, 0) is 14.3 Å². The molecule has 2 aliphatic heterocycles. The molecule has 13 heteroatoms. The first-order chi connectivity index (χ1) is 20.2. The van der Waals surface area contributed by atoms with E-state index in [1.54, 1.807) is 14.0 Å². The average molecular weight is 588 g/mol. The number of urea groups is 2. The third-order valence-corrected chi connectivity index (χ3v) is 7.44. The highest BCUT2D eigenvalue weighted by Gasteiger charge is 2.48. The molecule has 2 atom stereocenters. The van der Waals surface area contributed by atoms with Crippen LogP contribution >= 0.6 is 0 Å². The summed E-state index contributed by atoms with van der Waals surface area (Å²) in [6.07, 6.45) is 1.37. The van der Waals surface area contributed by atoms with Crippen LogP contribution in [0.5, 0.6) is 5.75 Å². The summed E-state index contributed by atoms with van der Waals surface area (Å²) in [5.74, 6) is -3.65. The lowest BCUT2D eigenvalue weighted by atomic mass is 9.86. The molecule has 0 aromatic heterocycles. The molecule has 11 nitrogen and oxygen atoms in total. The summed E-state index contributed by atoms with van der Waals surface area (Å²) < 4.78 is 43.8. The summed E-state index contributed by atoms with van der Waals surface area (Å²) in [7, 11) is 4.13. The number of anilines is 1. The lowest BCUT2D eigenvalue weighted by molar-refractivity contribution is -0.144. The number of halogens is 2. The van der Waals surface area contributed by atoms with Gasteiger partial charge < -0.3 is 19.1 Å². The van der Waals surface area contributed by atoms with Gasteiger partial charge in [-0.1, -0.05) is 18.2 Å². The molecule has 1 saturated heterocycles. The molecule has 1 fully saturated rings. The van der Waals surface area contributed by atoms with Gasteiger partial charge in [-0.15, -0.1) is 0 Å². The van der Waals surface area contributed by atoms with Crippen LogP contribution in [-0.4, -0.2) is 87.3 Å². The van der Waals surface area contributed by atoms with Crippen LogP contribution in [0.15, 0.2) is 47.5 Å². The van der Waals surface area contributed by atoms with E-state index in [4.69, 9.17) is 14.2 Å². The summed E-state index contributed by atoms with van der Waals surface area (Å²) in [6.45, 7) is 3.07. The van der Waals surface area contributed by atoms with Crippen LogP contribution in [0.2, 0.25) is 0 Å². The number of esters is 1. The molecule has 2 aromatic carbocycles. The SMILES string of the molecule is CCN(NC1CCN(c2ccccc2OC)CC1)C(=O)N1C(=O)N=C(COC)C(C(=O)OC)C1c1ccc(F)c(F)c1. The number of para-hydroxylation sites is 2. The number of benzene rings is 2. The quantitative estimate of drug-likeness (QED) is 0.347. The molecule has 2 unspecified atom stereocenters. The van der Waals surface area contributed by atoms with Gasteiger partial charge in [0.15, 0.2) is 11.6 Å². The number of aliphatic imine (C=N–C) groups is 1. The van der Waals surface area contributed by atoms with E-state index in [1.165, 1.54) is 18.2 Å². The molecule has 4 amide bonds. The minimum atomic E-state index is -1.36. The number of carbonyl (C=O) groups excluding carboxylic acids is 3. The maximum absolute atomic E-state index is 14.4. The number of piperidine rings is 1. The number of hydrogen-bond acceptors (Lipinski definition) is 8. The average Bonchev–Trinajstić information content (AvgIpc) is 3.00. The van der Waals surface area contributed by atoms with Gasteiger partial charge in [-0.25, -0.2) is 28.7 Å². The number of methoxy groups -OCH3 is 3. The molecule has 2 aliphatic rings. The summed E-state index contributed by atoms with van der Waals surface area (Å²) in [5.41, 5.74) is 4.23. The molecule has 0 spiro atoms. The van der Waals surface area contributed by atoms with E-state index in [9.17, 15) is 23.2 Å². The van der Waals surface area contributed by atoms with Gasteiger partial charge in [-0.05, 0) is 49.6 Å². The molecule has 226 valence electrons.